The van der Waals surface area contributed by atoms with E-state index in [1.807, 2.05) is 39.0 Å². The van der Waals surface area contributed by atoms with Crippen molar-refractivity contribution in [2.75, 3.05) is 19.6 Å². The average Bonchev–Trinajstić information content (AvgIpc) is 2.88. The van der Waals surface area contributed by atoms with Gasteiger partial charge in [0, 0.05) is 38.0 Å². The first-order chi connectivity index (χ1) is 16.1. The fourth-order valence-corrected chi connectivity index (χ4v) is 4.46. The van der Waals surface area contributed by atoms with Crippen LogP contribution in [0.5, 0.6) is 0 Å². The number of allylic oxidation sites excluding steroid dienone is 2. The molecule has 0 radical (unpaired) electrons. The van der Waals surface area contributed by atoms with Gasteiger partial charge in [-0.1, -0.05) is 30.2 Å². The maximum absolute atomic E-state index is 12.9. The Kier molecular flexibility index (Phi) is 6.65. The molecule has 0 saturated carbocycles. The number of nitrogens with one attached hydrogen (secondary N) is 1. The summed E-state index contributed by atoms with van der Waals surface area (Å²) in [6, 6.07) is -0.604. The molecule has 0 aromatic rings. The van der Waals surface area contributed by atoms with Crippen molar-refractivity contribution in [2.24, 2.45) is 11.8 Å². The Morgan fingerprint density at radius 1 is 1.18 bits per heavy atom. The summed E-state index contributed by atoms with van der Waals surface area (Å²) in [6.07, 6.45) is 9.63. The summed E-state index contributed by atoms with van der Waals surface area (Å²) < 4.78 is 5.38. The Morgan fingerprint density at radius 2 is 1.91 bits per heavy atom. The Morgan fingerprint density at radius 3 is 2.62 bits per heavy atom. The minimum atomic E-state index is -0.604. The van der Waals surface area contributed by atoms with Gasteiger partial charge in [-0.3, -0.25) is 19.7 Å². The van der Waals surface area contributed by atoms with E-state index in [1.54, 1.807) is 15.9 Å². The SMILES string of the molecule is CC(C)(C)OC(=O)N1CC(CCC#CC2C=CC3=C(C=C2)C(=O)N(C2CCC(=O)NC2=O)C3)C1. The highest BCUT2D eigenvalue weighted by Gasteiger charge is 2.39. The molecule has 3 heterocycles. The van der Waals surface area contributed by atoms with Crippen LogP contribution < -0.4 is 5.32 Å². The molecule has 4 aliphatic rings. The van der Waals surface area contributed by atoms with Crippen LogP contribution in [-0.4, -0.2) is 64.9 Å². The Balaban J connectivity index is 1.23. The second kappa shape index (κ2) is 9.49. The third-order valence-electron chi connectivity index (χ3n) is 6.29. The van der Waals surface area contributed by atoms with Gasteiger partial charge in [0.05, 0.1) is 5.92 Å². The molecule has 0 aromatic heterocycles. The van der Waals surface area contributed by atoms with E-state index in [4.69, 9.17) is 4.74 Å². The largest absolute Gasteiger partial charge is 0.444 e. The van der Waals surface area contributed by atoms with Gasteiger partial charge in [-0.05, 0) is 45.1 Å². The summed E-state index contributed by atoms with van der Waals surface area (Å²) in [5.41, 5.74) is 0.977. The van der Waals surface area contributed by atoms with E-state index in [1.165, 1.54) is 0 Å². The number of carbonyl (C=O) groups excluding carboxylic acids is 4. The first-order valence-corrected chi connectivity index (χ1v) is 11.8. The molecule has 34 heavy (non-hydrogen) atoms. The van der Waals surface area contributed by atoms with E-state index < -0.39 is 17.6 Å². The number of imide groups is 1. The number of piperidine rings is 1. The number of amides is 4. The number of hydrogen-bond acceptors (Lipinski definition) is 5. The van der Waals surface area contributed by atoms with Gasteiger partial charge < -0.3 is 14.5 Å². The first-order valence-electron chi connectivity index (χ1n) is 11.8. The zero-order valence-corrected chi connectivity index (χ0v) is 19.9. The molecule has 2 saturated heterocycles. The molecule has 3 aliphatic heterocycles. The van der Waals surface area contributed by atoms with Crippen molar-refractivity contribution >= 4 is 23.8 Å². The first kappa shape index (κ1) is 23.8. The molecule has 2 fully saturated rings. The smallest absolute Gasteiger partial charge is 0.410 e. The number of nitrogens with zero attached hydrogens (tertiary/aromatic N) is 2. The van der Waals surface area contributed by atoms with Crippen LogP contribution in [0.4, 0.5) is 4.79 Å². The predicted molar refractivity (Wildman–Crippen MR) is 125 cm³/mol. The van der Waals surface area contributed by atoms with Gasteiger partial charge in [-0.15, -0.1) is 5.92 Å². The zero-order valence-electron chi connectivity index (χ0n) is 19.9. The van der Waals surface area contributed by atoms with Crippen molar-refractivity contribution in [2.45, 2.75) is 58.1 Å². The average molecular weight is 466 g/mol. The normalized spacial score (nSPS) is 24.9. The van der Waals surface area contributed by atoms with Crippen molar-refractivity contribution in [3.8, 4) is 11.8 Å². The van der Waals surface area contributed by atoms with Crippen LogP contribution in [0.15, 0.2) is 35.5 Å². The van der Waals surface area contributed by atoms with Crippen molar-refractivity contribution in [1.29, 1.82) is 0 Å². The molecular weight excluding hydrogens is 434 g/mol. The third kappa shape index (κ3) is 5.41. The molecule has 8 heteroatoms. The quantitative estimate of drug-likeness (QED) is 0.510. The van der Waals surface area contributed by atoms with Crippen LogP contribution in [-0.2, 0) is 19.1 Å². The van der Waals surface area contributed by atoms with E-state index in [0.717, 1.165) is 18.4 Å². The maximum atomic E-state index is 12.9. The van der Waals surface area contributed by atoms with Crippen molar-refractivity contribution in [3.63, 3.8) is 0 Å². The van der Waals surface area contributed by atoms with Gasteiger partial charge >= 0.3 is 6.09 Å². The van der Waals surface area contributed by atoms with Crippen LogP contribution in [0.1, 0.15) is 46.5 Å². The molecule has 0 aromatic carbocycles. The van der Waals surface area contributed by atoms with E-state index in [0.29, 0.717) is 37.5 Å². The molecule has 0 bridgehead atoms. The highest BCUT2D eigenvalue weighted by Crippen LogP contribution is 2.29. The highest BCUT2D eigenvalue weighted by molar-refractivity contribution is 6.06. The fraction of sp³-hybridized carbons (Fsp3) is 0.538. The summed E-state index contributed by atoms with van der Waals surface area (Å²) in [5.74, 6) is 5.96. The van der Waals surface area contributed by atoms with Gasteiger partial charge in [0.25, 0.3) is 5.91 Å². The van der Waals surface area contributed by atoms with Crippen molar-refractivity contribution in [3.05, 3.63) is 35.5 Å². The number of ether oxygens (including phenoxy) is 1. The van der Waals surface area contributed by atoms with E-state index in [2.05, 4.69) is 17.2 Å². The Labute approximate surface area is 200 Å². The lowest BCUT2D eigenvalue weighted by atomic mass is 9.95. The number of rotatable bonds is 3. The maximum Gasteiger partial charge on any atom is 0.410 e. The minimum Gasteiger partial charge on any atom is -0.444 e. The second-order valence-corrected chi connectivity index (χ2v) is 10.2. The van der Waals surface area contributed by atoms with Crippen molar-refractivity contribution in [1.82, 2.24) is 15.1 Å². The van der Waals surface area contributed by atoms with Crippen LogP contribution in [0.25, 0.3) is 0 Å². The number of carbonyl (C=O) groups is 4. The van der Waals surface area contributed by atoms with E-state index >= 15 is 0 Å². The predicted octanol–water partition coefficient (Wildman–Crippen LogP) is 2.32. The minimum absolute atomic E-state index is 0.0814. The number of hydrogen-bond donors (Lipinski definition) is 1. The van der Waals surface area contributed by atoms with Crippen LogP contribution in [0.2, 0.25) is 0 Å². The number of likely N-dealkylation sites (tertiary alicyclic amines) is 1. The molecule has 1 N–H and O–H groups in total. The molecular formula is C26H31N3O5. The lowest BCUT2D eigenvalue weighted by Crippen LogP contribution is -2.53. The zero-order chi connectivity index (χ0) is 24.5. The van der Waals surface area contributed by atoms with Crippen LogP contribution in [0, 0.1) is 23.7 Å². The van der Waals surface area contributed by atoms with Gasteiger partial charge in [0.1, 0.15) is 11.6 Å². The molecule has 4 amide bonds. The summed E-state index contributed by atoms with van der Waals surface area (Å²) in [4.78, 5) is 51.7. The van der Waals surface area contributed by atoms with E-state index in [-0.39, 0.29) is 30.2 Å². The standard InChI is InChI=1S/C26H31N3O5/c1-26(2,3)34-25(33)28-14-18(15-28)7-5-4-6-17-8-10-19-16-29(24(32)20(19)11-9-17)21-12-13-22(30)27-23(21)31/h8-11,17-18,21H,5,7,12-16H2,1-3H3,(H,27,30,31). The van der Waals surface area contributed by atoms with Crippen LogP contribution >= 0.6 is 0 Å². The lowest BCUT2D eigenvalue weighted by Gasteiger charge is -2.39. The molecule has 8 nitrogen and oxygen atoms in total. The highest BCUT2D eigenvalue weighted by atomic mass is 16.6. The lowest BCUT2D eigenvalue weighted by molar-refractivity contribution is -0.142. The van der Waals surface area contributed by atoms with Gasteiger partial charge in [0.2, 0.25) is 11.8 Å². The van der Waals surface area contributed by atoms with Gasteiger partial charge in [-0.2, -0.15) is 0 Å². The monoisotopic (exact) mass is 465 g/mol. The fourth-order valence-electron chi connectivity index (χ4n) is 4.46. The van der Waals surface area contributed by atoms with Crippen LogP contribution in [0.3, 0.4) is 0 Å². The summed E-state index contributed by atoms with van der Waals surface area (Å²) in [6.45, 7) is 7.37. The van der Waals surface area contributed by atoms with Crippen molar-refractivity contribution < 1.29 is 23.9 Å². The Bertz CT molecular complexity index is 1050. The van der Waals surface area contributed by atoms with Gasteiger partial charge in [-0.25, -0.2) is 4.79 Å². The Hall–Kier alpha value is -3.34. The summed E-state index contributed by atoms with van der Waals surface area (Å²) >= 11 is 0. The second-order valence-electron chi connectivity index (χ2n) is 10.2. The third-order valence-corrected chi connectivity index (χ3v) is 6.29. The van der Waals surface area contributed by atoms with E-state index in [9.17, 15) is 19.2 Å². The molecule has 2 atom stereocenters. The summed E-state index contributed by atoms with van der Waals surface area (Å²) in [5, 5.41) is 2.32. The van der Waals surface area contributed by atoms with Gasteiger partial charge in [0.15, 0.2) is 0 Å². The molecule has 4 rings (SSSR count). The molecule has 0 spiro atoms. The summed E-state index contributed by atoms with van der Waals surface area (Å²) in [7, 11) is 0. The molecule has 180 valence electrons. The molecule has 1 aliphatic carbocycles. The molecule has 2 unspecified atom stereocenters. The topological polar surface area (TPSA) is 96.0 Å².